The van der Waals surface area contributed by atoms with Gasteiger partial charge in [-0.25, -0.2) is 14.4 Å². The molecule has 1 N–H and O–H groups in total. The van der Waals surface area contributed by atoms with E-state index in [2.05, 4.69) is 27.2 Å². The highest BCUT2D eigenvalue weighted by molar-refractivity contribution is 6.33. The number of nitrogens with zero attached hydrogens (tertiary/aromatic N) is 3. The molecule has 33 heavy (non-hydrogen) atoms. The van der Waals surface area contributed by atoms with Crippen LogP contribution >= 0.6 is 11.6 Å². The van der Waals surface area contributed by atoms with Crippen molar-refractivity contribution < 1.29 is 23.6 Å². The maximum Gasteiger partial charge on any atom is 0.196 e. The molecule has 0 spiro atoms. The summed E-state index contributed by atoms with van der Waals surface area (Å²) in [5.41, 5.74) is 2.03. The number of anilines is 2. The van der Waals surface area contributed by atoms with Crippen molar-refractivity contribution >= 4 is 34.0 Å². The molecule has 0 atom stereocenters. The fraction of sp³-hybridized carbons (Fsp3) is 0.391. The Balaban J connectivity index is 1.56. The molecule has 0 aliphatic carbocycles. The average molecular weight is 475 g/mol. The van der Waals surface area contributed by atoms with E-state index in [-0.39, 0.29) is 12.7 Å². The second kappa shape index (κ2) is 9.54. The van der Waals surface area contributed by atoms with Crippen LogP contribution in [0.5, 0.6) is 17.2 Å². The Labute approximate surface area is 195 Å². The molecule has 5 rings (SSSR count). The average Bonchev–Trinajstić information content (AvgIpc) is 3.30. The standard InChI is InChI=1S/C23H24ClFN4O4/c1-29-7-4-15(5-8-29)32-19-11-16(30-9-6-25)10-18-20(19)23(27-13-26-18)28-21-17(24)3-2-14-12-31-33-22(14)21/h2-3,10-11,13,15H,4-9,12H2,1H3,(H,26,27,28). The second-order valence-corrected chi connectivity index (χ2v) is 8.48. The number of hydrogen-bond donors (Lipinski definition) is 1. The van der Waals surface area contributed by atoms with Gasteiger partial charge in [-0.15, -0.1) is 0 Å². The molecule has 0 bridgehead atoms. The lowest BCUT2D eigenvalue weighted by Crippen LogP contribution is -2.35. The minimum Gasteiger partial charge on any atom is -0.491 e. The number of aromatic nitrogens is 2. The largest absolute Gasteiger partial charge is 0.491 e. The first-order valence-electron chi connectivity index (χ1n) is 10.8. The summed E-state index contributed by atoms with van der Waals surface area (Å²) in [5.74, 6) is 2.09. The van der Waals surface area contributed by atoms with E-state index in [1.165, 1.54) is 6.33 Å². The van der Waals surface area contributed by atoms with Crippen LogP contribution in [-0.4, -0.2) is 54.4 Å². The Hall–Kier alpha value is -2.88. The summed E-state index contributed by atoms with van der Waals surface area (Å²) in [7, 11) is 2.10. The number of ether oxygens (including phenoxy) is 2. The highest BCUT2D eigenvalue weighted by atomic mass is 35.5. The number of piperidine rings is 1. The highest BCUT2D eigenvalue weighted by Crippen LogP contribution is 2.43. The van der Waals surface area contributed by atoms with E-state index in [1.54, 1.807) is 18.2 Å². The van der Waals surface area contributed by atoms with Gasteiger partial charge < -0.3 is 24.6 Å². The number of fused-ring (bicyclic) bond motifs is 2. The van der Waals surface area contributed by atoms with Crippen molar-refractivity contribution in [2.75, 3.05) is 38.7 Å². The fourth-order valence-corrected chi connectivity index (χ4v) is 4.23. The topological polar surface area (TPSA) is 78.0 Å². The van der Waals surface area contributed by atoms with E-state index in [9.17, 15) is 4.39 Å². The zero-order chi connectivity index (χ0) is 22.8. The smallest absolute Gasteiger partial charge is 0.196 e. The van der Waals surface area contributed by atoms with E-state index in [4.69, 9.17) is 30.8 Å². The Bertz CT molecular complexity index is 1160. The molecule has 1 fully saturated rings. The zero-order valence-corrected chi connectivity index (χ0v) is 18.9. The van der Waals surface area contributed by atoms with Crippen LogP contribution in [0.4, 0.5) is 15.9 Å². The molecular weight excluding hydrogens is 451 g/mol. The summed E-state index contributed by atoms with van der Waals surface area (Å²) in [5, 5.41) is 4.43. The summed E-state index contributed by atoms with van der Waals surface area (Å²) < 4.78 is 24.7. The number of hydrogen-bond acceptors (Lipinski definition) is 8. The summed E-state index contributed by atoms with van der Waals surface area (Å²) in [6.45, 7) is 1.61. The van der Waals surface area contributed by atoms with Crippen LogP contribution in [0.1, 0.15) is 18.4 Å². The highest BCUT2D eigenvalue weighted by Gasteiger charge is 2.24. The van der Waals surface area contributed by atoms with Crippen LogP contribution in [0.2, 0.25) is 5.02 Å². The van der Waals surface area contributed by atoms with E-state index in [0.29, 0.717) is 51.3 Å². The van der Waals surface area contributed by atoms with Crippen LogP contribution in [-0.2, 0) is 11.5 Å². The number of benzene rings is 2. The third-order valence-electron chi connectivity index (χ3n) is 5.77. The summed E-state index contributed by atoms with van der Waals surface area (Å²) in [4.78, 5) is 21.6. The summed E-state index contributed by atoms with van der Waals surface area (Å²) in [6.07, 6.45) is 3.27. The number of likely N-dealkylation sites (tertiary alicyclic amines) is 1. The number of nitrogens with one attached hydrogen (secondary N) is 1. The van der Waals surface area contributed by atoms with Crippen molar-refractivity contribution in [2.45, 2.75) is 25.6 Å². The molecule has 2 aromatic carbocycles. The van der Waals surface area contributed by atoms with Crippen molar-refractivity contribution in [2.24, 2.45) is 0 Å². The normalized spacial score (nSPS) is 16.5. The van der Waals surface area contributed by atoms with Crippen LogP contribution in [0.15, 0.2) is 30.6 Å². The first-order chi connectivity index (χ1) is 16.1. The quantitative estimate of drug-likeness (QED) is 0.495. The maximum atomic E-state index is 12.7. The zero-order valence-electron chi connectivity index (χ0n) is 18.1. The van der Waals surface area contributed by atoms with E-state index < -0.39 is 6.67 Å². The van der Waals surface area contributed by atoms with E-state index in [1.807, 2.05) is 6.07 Å². The Morgan fingerprint density at radius 1 is 1.24 bits per heavy atom. The van der Waals surface area contributed by atoms with Gasteiger partial charge in [0.25, 0.3) is 0 Å². The Morgan fingerprint density at radius 3 is 2.91 bits per heavy atom. The monoisotopic (exact) mass is 474 g/mol. The van der Waals surface area contributed by atoms with Crippen molar-refractivity contribution in [1.82, 2.24) is 14.9 Å². The van der Waals surface area contributed by atoms with Crippen molar-refractivity contribution in [3.05, 3.63) is 41.2 Å². The molecule has 2 aliphatic heterocycles. The number of alkyl halides is 1. The van der Waals surface area contributed by atoms with Gasteiger partial charge in [0.1, 0.15) is 55.3 Å². The lowest BCUT2D eigenvalue weighted by atomic mass is 10.1. The molecule has 10 heteroatoms. The first-order valence-corrected chi connectivity index (χ1v) is 11.2. The lowest BCUT2D eigenvalue weighted by molar-refractivity contribution is -0.194. The van der Waals surface area contributed by atoms with Gasteiger partial charge in [0.05, 0.1) is 15.9 Å². The number of rotatable bonds is 7. The van der Waals surface area contributed by atoms with Gasteiger partial charge in [0.2, 0.25) is 0 Å². The first kappa shape index (κ1) is 21.9. The molecule has 174 valence electrons. The van der Waals surface area contributed by atoms with E-state index >= 15 is 0 Å². The molecule has 3 heterocycles. The lowest BCUT2D eigenvalue weighted by Gasteiger charge is -2.30. The minimum atomic E-state index is -0.584. The van der Waals surface area contributed by atoms with Crippen LogP contribution in [0.25, 0.3) is 10.9 Å². The maximum absolute atomic E-state index is 12.7. The molecule has 0 unspecified atom stereocenters. The molecule has 1 saturated heterocycles. The molecule has 2 aliphatic rings. The van der Waals surface area contributed by atoms with Gasteiger partial charge in [0.15, 0.2) is 5.75 Å². The second-order valence-electron chi connectivity index (χ2n) is 8.08. The predicted molar refractivity (Wildman–Crippen MR) is 122 cm³/mol. The third-order valence-corrected chi connectivity index (χ3v) is 6.08. The van der Waals surface area contributed by atoms with Gasteiger partial charge in [0, 0.05) is 30.8 Å². The van der Waals surface area contributed by atoms with Crippen LogP contribution < -0.4 is 19.7 Å². The molecular formula is C23H24ClFN4O4. The van der Waals surface area contributed by atoms with Crippen LogP contribution in [0.3, 0.4) is 0 Å². The van der Waals surface area contributed by atoms with Gasteiger partial charge in [-0.2, -0.15) is 4.89 Å². The summed E-state index contributed by atoms with van der Waals surface area (Å²) >= 11 is 6.47. The van der Waals surface area contributed by atoms with Crippen molar-refractivity contribution in [3.8, 4) is 17.2 Å². The van der Waals surface area contributed by atoms with Gasteiger partial charge >= 0.3 is 0 Å². The molecule has 3 aromatic rings. The van der Waals surface area contributed by atoms with Crippen LogP contribution in [0, 0.1) is 0 Å². The molecule has 0 amide bonds. The van der Waals surface area contributed by atoms with Gasteiger partial charge in [-0.1, -0.05) is 17.7 Å². The van der Waals surface area contributed by atoms with Gasteiger partial charge in [-0.05, 0) is 26.0 Å². The Morgan fingerprint density at radius 2 is 2.09 bits per heavy atom. The van der Waals surface area contributed by atoms with Crippen molar-refractivity contribution in [1.29, 1.82) is 0 Å². The molecule has 8 nitrogen and oxygen atoms in total. The minimum absolute atomic E-state index is 0.0372. The predicted octanol–water partition coefficient (Wildman–Crippen LogP) is 4.67. The third kappa shape index (κ3) is 4.62. The van der Waals surface area contributed by atoms with Crippen molar-refractivity contribution in [3.63, 3.8) is 0 Å². The fourth-order valence-electron chi connectivity index (χ4n) is 4.04. The van der Waals surface area contributed by atoms with Gasteiger partial charge in [-0.3, -0.25) is 0 Å². The number of halogens is 2. The molecule has 0 saturated carbocycles. The molecule has 1 aromatic heterocycles. The summed E-state index contributed by atoms with van der Waals surface area (Å²) in [6, 6.07) is 7.15. The Kier molecular flexibility index (Phi) is 6.34. The molecule has 0 radical (unpaired) electrons. The van der Waals surface area contributed by atoms with E-state index in [0.717, 1.165) is 31.5 Å². The SMILES string of the molecule is CN1CCC(Oc2cc(OCCF)cc3ncnc(Nc4c(Cl)ccc5c4OOC5)c23)CC1.